The Bertz CT molecular complexity index is 590. The summed E-state index contributed by atoms with van der Waals surface area (Å²) < 4.78 is 28.1. The first-order chi connectivity index (χ1) is 9.04. The van der Waals surface area contributed by atoms with Gasteiger partial charge in [-0.1, -0.05) is 23.7 Å². The summed E-state index contributed by atoms with van der Waals surface area (Å²) in [4.78, 5) is 0. The van der Waals surface area contributed by atoms with E-state index in [1.54, 1.807) is 24.3 Å². The third-order valence-corrected chi connectivity index (χ3v) is 3.60. The van der Waals surface area contributed by atoms with Crippen LogP contribution in [0.25, 0.3) is 0 Å². The Morgan fingerprint density at radius 2 is 1.74 bits per heavy atom. The summed E-state index contributed by atoms with van der Waals surface area (Å²) in [6, 6.07) is 8.28. The first-order valence-electron chi connectivity index (χ1n) is 5.39. The SMILES string of the molecule is NNC(c1ccc(Cl)cc1)c1c(F)ccc(Br)c1F. The summed E-state index contributed by atoms with van der Waals surface area (Å²) in [5.74, 6) is 4.08. The van der Waals surface area contributed by atoms with Gasteiger partial charge in [0.25, 0.3) is 0 Å². The lowest BCUT2D eigenvalue weighted by Crippen LogP contribution is -2.30. The molecule has 0 aliphatic carbocycles. The summed E-state index contributed by atoms with van der Waals surface area (Å²) in [7, 11) is 0. The number of benzene rings is 2. The highest BCUT2D eigenvalue weighted by Gasteiger charge is 2.22. The van der Waals surface area contributed by atoms with Gasteiger partial charge in [0.1, 0.15) is 11.6 Å². The number of halogens is 4. The molecule has 1 atom stereocenters. The van der Waals surface area contributed by atoms with Crippen LogP contribution in [0.2, 0.25) is 5.02 Å². The standard InChI is InChI=1S/C13H10BrClF2N2/c14-9-5-6-10(16)11(12(9)17)13(19-18)7-1-3-8(15)4-2-7/h1-6,13,19H,18H2. The Kier molecular flexibility index (Phi) is 4.52. The quantitative estimate of drug-likeness (QED) is 0.501. The predicted octanol–water partition coefficient (Wildman–Crippen LogP) is 3.93. The summed E-state index contributed by atoms with van der Waals surface area (Å²) in [6.45, 7) is 0. The number of rotatable bonds is 3. The van der Waals surface area contributed by atoms with E-state index in [4.69, 9.17) is 17.4 Å². The zero-order valence-electron chi connectivity index (χ0n) is 9.63. The van der Waals surface area contributed by atoms with Crippen molar-refractivity contribution in [2.75, 3.05) is 0 Å². The third kappa shape index (κ3) is 2.95. The molecule has 2 aromatic rings. The highest BCUT2D eigenvalue weighted by Crippen LogP contribution is 2.30. The summed E-state index contributed by atoms with van der Waals surface area (Å²) in [5.41, 5.74) is 2.89. The largest absolute Gasteiger partial charge is 0.271 e. The van der Waals surface area contributed by atoms with E-state index in [0.717, 1.165) is 0 Å². The molecule has 0 aromatic heterocycles. The van der Waals surface area contributed by atoms with E-state index in [-0.39, 0.29) is 10.0 Å². The molecule has 0 bridgehead atoms. The lowest BCUT2D eigenvalue weighted by Gasteiger charge is -2.19. The topological polar surface area (TPSA) is 38.0 Å². The van der Waals surface area contributed by atoms with E-state index >= 15 is 0 Å². The van der Waals surface area contributed by atoms with E-state index in [2.05, 4.69) is 21.4 Å². The molecule has 3 N–H and O–H groups in total. The molecule has 2 nitrogen and oxygen atoms in total. The summed E-state index contributed by atoms with van der Waals surface area (Å²) in [5, 5.41) is 0.537. The van der Waals surface area contributed by atoms with Gasteiger partial charge in [-0.05, 0) is 45.8 Å². The van der Waals surface area contributed by atoms with Crippen molar-refractivity contribution in [2.24, 2.45) is 5.84 Å². The molecule has 2 aromatic carbocycles. The van der Waals surface area contributed by atoms with Gasteiger partial charge in [0.05, 0.1) is 10.5 Å². The highest BCUT2D eigenvalue weighted by molar-refractivity contribution is 9.10. The van der Waals surface area contributed by atoms with E-state index in [9.17, 15) is 8.78 Å². The third-order valence-electron chi connectivity index (χ3n) is 2.74. The molecule has 19 heavy (non-hydrogen) atoms. The van der Waals surface area contributed by atoms with E-state index in [1.807, 2.05) is 0 Å². The van der Waals surface area contributed by atoms with Crippen LogP contribution in [0.5, 0.6) is 0 Å². The normalized spacial score (nSPS) is 12.5. The van der Waals surface area contributed by atoms with Gasteiger partial charge >= 0.3 is 0 Å². The van der Waals surface area contributed by atoms with Crippen LogP contribution in [0.4, 0.5) is 8.78 Å². The fourth-order valence-corrected chi connectivity index (χ4v) is 2.28. The van der Waals surface area contributed by atoms with E-state index in [0.29, 0.717) is 10.6 Å². The fraction of sp³-hybridized carbons (Fsp3) is 0.0769. The van der Waals surface area contributed by atoms with Gasteiger partial charge in [-0.25, -0.2) is 14.2 Å². The molecule has 0 saturated heterocycles. The van der Waals surface area contributed by atoms with Crippen molar-refractivity contribution in [1.29, 1.82) is 0 Å². The van der Waals surface area contributed by atoms with Gasteiger partial charge < -0.3 is 0 Å². The number of nitrogens with two attached hydrogens (primary N) is 1. The van der Waals surface area contributed by atoms with E-state index in [1.165, 1.54) is 12.1 Å². The lowest BCUT2D eigenvalue weighted by molar-refractivity contribution is 0.507. The minimum Gasteiger partial charge on any atom is -0.271 e. The second-order valence-corrected chi connectivity index (χ2v) is 5.20. The molecule has 0 saturated carbocycles. The zero-order valence-corrected chi connectivity index (χ0v) is 12.0. The van der Waals surface area contributed by atoms with Gasteiger partial charge in [0.2, 0.25) is 0 Å². The predicted molar refractivity (Wildman–Crippen MR) is 74.7 cm³/mol. The number of hydrogen-bond donors (Lipinski definition) is 2. The van der Waals surface area contributed by atoms with Gasteiger partial charge in [0.15, 0.2) is 0 Å². The van der Waals surface area contributed by atoms with Gasteiger partial charge in [-0.15, -0.1) is 0 Å². The maximum atomic E-state index is 14.1. The van der Waals surface area contributed by atoms with Crippen LogP contribution in [-0.4, -0.2) is 0 Å². The van der Waals surface area contributed by atoms with Crippen molar-refractivity contribution in [3.63, 3.8) is 0 Å². The Balaban J connectivity index is 2.54. The monoisotopic (exact) mass is 346 g/mol. The first kappa shape index (κ1) is 14.4. The van der Waals surface area contributed by atoms with Crippen molar-refractivity contribution in [1.82, 2.24) is 5.43 Å². The number of hydrogen-bond acceptors (Lipinski definition) is 2. The maximum Gasteiger partial charge on any atom is 0.145 e. The van der Waals surface area contributed by atoms with Crippen molar-refractivity contribution < 1.29 is 8.78 Å². The lowest BCUT2D eigenvalue weighted by atomic mass is 9.98. The highest BCUT2D eigenvalue weighted by atomic mass is 79.9. The molecule has 100 valence electrons. The van der Waals surface area contributed by atoms with Gasteiger partial charge in [0, 0.05) is 10.6 Å². The van der Waals surface area contributed by atoms with Crippen LogP contribution in [0.1, 0.15) is 17.2 Å². The van der Waals surface area contributed by atoms with E-state index < -0.39 is 17.7 Å². The van der Waals surface area contributed by atoms with Crippen molar-refractivity contribution in [3.8, 4) is 0 Å². The molecule has 0 aliphatic heterocycles. The average molecular weight is 348 g/mol. The molecule has 0 aliphatic rings. The van der Waals surface area contributed by atoms with Crippen LogP contribution < -0.4 is 11.3 Å². The van der Waals surface area contributed by atoms with Crippen LogP contribution in [0, 0.1) is 11.6 Å². The van der Waals surface area contributed by atoms with Gasteiger partial charge in [-0.2, -0.15) is 0 Å². The van der Waals surface area contributed by atoms with Crippen molar-refractivity contribution >= 4 is 27.5 Å². The van der Waals surface area contributed by atoms with Gasteiger partial charge in [-0.3, -0.25) is 5.84 Å². The van der Waals surface area contributed by atoms with Crippen LogP contribution in [-0.2, 0) is 0 Å². The molecule has 0 heterocycles. The Morgan fingerprint density at radius 3 is 2.32 bits per heavy atom. The number of nitrogens with one attached hydrogen (secondary N) is 1. The van der Waals surface area contributed by atoms with Crippen LogP contribution in [0.15, 0.2) is 40.9 Å². The Morgan fingerprint density at radius 1 is 1.11 bits per heavy atom. The fourth-order valence-electron chi connectivity index (χ4n) is 1.81. The van der Waals surface area contributed by atoms with Crippen LogP contribution >= 0.6 is 27.5 Å². The second kappa shape index (κ2) is 5.96. The van der Waals surface area contributed by atoms with Crippen molar-refractivity contribution in [2.45, 2.75) is 6.04 Å². The minimum atomic E-state index is -0.797. The second-order valence-electron chi connectivity index (χ2n) is 3.91. The maximum absolute atomic E-state index is 14.1. The zero-order chi connectivity index (χ0) is 14.0. The molecule has 1 unspecified atom stereocenters. The molecule has 0 radical (unpaired) electrons. The minimum absolute atomic E-state index is 0.140. The smallest absolute Gasteiger partial charge is 0.145 e. The molecular weight excluding hydrogens is 338 g/mol. The van der Waals surface area contributed by atoms with Crippen LogP contribution in [0.3, 0.4) is 0 Å². The molecule has 0 amide bonds. The molecule has 2 rings (SSSR count). The molecule has 0 fully saturated rings. The molecular formula is C13H10BrClF2N2. The average Bonchev–Trinajstić information content (AvgIpc) is 2.40. The Hall–Kier alpha value is -1.01. The number of hydrazine groups is 1. The van der Waals surface area contributed by atoms with Crippen molar-refractivity contribution in [3.05, 3.63) is 68.7 Å². The Labute approximate surface area is 122 Å². The summed E-state index contributed by atoms with van der Waals surface area (Å²) in [6.07, 6.45) is 0. The molecule has 0 spiro atoms. The molecule has 6 heteroatoms. The summed E-state index contributed by atoms with van der Waals surface area (Å²) >= 11 is 8.82. The first-order valence-corrected chi connectivity index (χ1v) is 6.56.